The van der Waals surface area contributed by atoms with Gasteiger partial charge in [-0.05, 0) is 55.6 Å². The molecular weight excluding hydrogens is 540 g/mol. The molecule has 3 aromatic carbocycles. The minimum Gasteiger partial charge on any atom is -0.422 e. The lowest BCUT2D eigenvalue weighted by molar-refractivity contribution is -0.141. The van der Waals surface area contributed by atoms with Gasteiger partial charge in [-0.3, -0.25) is 4.72 Å². The molecule has 4 rings (SSSR count). The minimum absolute atomic E-state index is 0.0609. The number of nitrogens with two attached hydrogens (primary N) is 1. The predicted octanol–water partition coefficient (Wildman–Crippen LogP) is 4.20. The van der Waals surface area contributed by atoms with Crippen molar-refractivity contribution >= 4 is 23.0 Å². The van der Waals surface area contributed by atoms with Gasteiger partial charge < -0.3 is 10.4 Å². The van der Waals surface area contributed by atoms with Crippen LogP contribution in [0.3, 0.4) is 0 Å². The second-order valence-electron chi connectivity index (χ2n) is 9.18. The molecule has 1 heterocycles. The maximum absolute atomic E-state index is 13.5. The SMILES string of the molecule is C=C(CCc1ccccc1BOCN)NS(=O)(=O)c1ccc(-n2nc(C(F)(F)F)cc2-c2ccc(C)cc2)cc1. The van der Waals surface area contributed by atoms with Gasteiger partial charge in [0.2, 0.25) is 0 Å². The smallest absolute Gasteiger partial charge is 0.422 e. The van der Waals surface area contributed by atoms with Gasteiger partial charge in [-0.15, -0.1) is 0 Å². The van der Waals surface area contributed by atoms with Crippen molar-refractivity contribution in [3.8, 4) is 16.9 Å². The van der Waals surface area contributed by atoms with Crippen LogP contribution in [-0.4, -0.2) is 32.4 Å². The summed E-state index contributed by atoms with van der Waals surface area (Å²) in [6, 6.07) is 21.1. The zero-order valence-corrected chi connectivity index (χ0v) is 22.6. The van der Waals surface area contributed by atoms with Crippen molar-refractivity contribution in [3.05, 3.63) is 108 Å². The topological polar surface area (TPSA) is 99.2 Å². The van der Waals surface area contributed by atoms with Gasteiger partial charge in [0.05, 0.1) is 23.0 Å². The summed E-state index contributed by atoms with van der Waals surface area (Å²) in [6.45, 7) is 5.82. The summed E-state index contributed by atoms with van der Waals surface area (Å²) < 4.78 is 75.4. The van der Waals surface area contributed by atoms with Crippen molar-refractivity contribution in [2.45, 2.75) is 30.8 Å². The lowest BCUT2D eigenvalue weighted by Crippen LogP contribution is -2.26. The van der Waals surface area contributed by atoms with Crippen LogP contribution >= 0.6 is 0 Å². The molecule has 0 aliphatic carbocycles. The first kappa shape index (κ1) is 29.1. The molecular formula is C28H28BF3N4O3S. The molecule has 0 atom stereocenters. The van der Waals surface area contributed by atoms with E-state index in [2.05, 4.69) is 16.4 Å². The zero-order chi connectivity index (χ0) is 28.9. The Balaban J connectivity index is 1.51. The minimum atomic E-state index is -4.64. The summed E-state index contributed by atoms with van der Waals surface area (Å²) in [6.07, 6.45) is -3.76. The van der Waals surface area contributed by atoms with E-state index in [1.54, 1.807) is 24.3 Å². The molecule has 0 fully saturated rings. The van der Waals surface area contributed by atoms with E-state index in [4.69, 9.17) is 10.4 Å². The Hall–Kier alpha value is -3.87. The summed E-state index contributed by atoms with van der Waals surface area (Å²) >= 11 is 0. The molecule has 40 heavy (non-hydrogen) atoms. The monoisotopic (exact) mass is 568 g/mol. The van der Waals surface area contributed by atoms with Crippen LogP contribution < -0.4 is 15.9 Å². The molecule has 0 spiro atoms. The highest BCUT2D eigenvalue weighted by molar-refractivity contribution is 7.89. The Labute approximate surface area is 231 Å². The van der Waals surface area contributed by atoms with Gasteiger partial charge in [0.15, 0.2) is 5.69 Å². The summed E-state index contributed by atoms with van der Waals surface area (Å²) in [5, 5.41) is 3.77. The Morgan fingerprint density at radius 1 is 1.07 bits per heavy atom. The number of benzene rings is 3. The van der Waals surface area contributed by atoms with E-state index < -0.39 is 21.9 Å². The summed E-state index contributed by atoms with van der Waals surface area (Å²) in [4.78, 5) is -0.0609. The van der Waals surface area contributed by atoms with Crippen molar-refractivity contribution < 1.29 is 26.2 Å². The molecule has 1 aromatic heterocycles. The van der Waals surface area contributed by atoms with E-state index in [9.17, 15) is 21.6 Å². The predicted molar refractivity (Wildman–Crippen MR) is 150 cm³/mol. The Bertz CT molecular complexity index is 1590. The first-order chi connectivity index (χ1) is 19.0. The second kappa shape index (κ2) is 12.1. The Morgan fingerprint density at radius 2 is 1.75 bits per heavy atom. The molecule has 0 amide bonds. The molecule has 0 bridgehead atoms. The number of allylic oxidation sites excluding steroid dienone is 1. The average molecular weight is 568 g/mol. The van der Waals surface area contributed by atoms with Crippen LogP contribution in [0.4, 0.5) is 13.2 Å². The van der Waals surface area contributed by atoms with Crippen LogP contribution in [0.15, 0.2) is 96.0 Å². The molecule has 4 aromatic rings. The molecule has 0 aliphatic heterocycles. The molecule has 0 radical (unpaired) electrons. The fourth-order valence-corrected chi connectivity index (χ4v) is 5.20. The highest BCUT2D eigenvalue weighted by Crippen LogP contribution is 2.33. The fraction of sp³-hybridized carbons (Fsp3) is 0.179. The second-order valence-corrected chi connectivity index (χ2v) is 10.9. The number of rotatable bonds is 11. The number of halogens is 3. The van der Waals surface area contributed by atoms with Crippen LogP contribution in [0.25, 0.3) is 16.9 Å². The first-order valence-electron chi connectivity index (χ1n) is 12.4. The quantitative estimate of drug-likeness (QED) is 0.209. The summed E-state index contributed by atoms with van der Waals surface area (Å²) in [5.74, 6) is 0. The largest absolute Gasteiger partial charge is 0.435 e. The van der Waals surface area contributed by atoms with Crippen LogP contribution in [0, 0.1) is 6.92 Å². The molecule has 0 saturated heterocycles. The molecule has 0 saturated carbocycles. The van der Waals surface area contributed by atoms with Crippen LogP contribution in [0.5, 0.6) is 0 Å². The summed E-state index contributed by atoms with van der Waals surface area (Å²) in [7, 11) is -3.62. The third-order valence-electron chi connectivity index (χ3n) is 6.21. The van der Waals surface area contributed by atoms with Gasteiger partial charge in [0.1, 0.15) is 0 Å². The summed E-state index contributed by atoms with van der Waals surface area (Å²) in [5.41, 5.74) is 8.60. The third kappa shape index (κ3) is 7.01. The highest BCUT2D eigenvalue weighted by Gasteiger charge is 2.35. The van der Waals surface area contributed by atoms with Crippen LogP contribution in [-0.2, 0) is 27.3 Å². The van der Waals surface area contributed by atoms with E-state index in [0.717, 1.165) is 27.3 Å². The number of hydrogen-bond donors (Lipinski definition) is 2. The van der Waals surface area contributed by atoms with E-state index >= 15 is 0 Å². The van der Waals surface area contributed by atoms with E-state index in [-0.39, 0.29) is 23.0 Å². The van der Waals surface area contributed by atoms with Gasteiger partial charge in [-0.1, -0.05) is 66.2 Å². The number of alkyl halides is 3. The highest BCUT2D eigenvalue weighted by atomic mass is 32.2. The van der Waals surface area contributed by atoms with E-state index in [0.29, 0.717) is 31.6 Å². The molecule has 0 aliphatic rings. The average Bonchev–Trinajstić information content (AvgIpc) is 3.38. The molecule has 3 N–H and O–H groups in total. The molecule has 208 valence electrons. The van der Waals surface area contributed by atoms with Crippen LogP contribution in [0.2, 0.25) is 0 Å². The van der Waals surface area contributed by atoms with Gasteiger partial charge in [-0.25, -0.2) is 13.1 Å². The van der Waals surface area contributed by atoms with Crippen molar-refractivity contribution in [3.63, 3.8) is 0 Å². The van der Waals surface area contributed by atoms with Gasteiger partial charge >= 0.3 is 13.7 Å². The fourth-order valence-electron chi connectivity index (χ4n) is 4.11. The lowest BCUT2D eigenvalue weighted by atomic mass is 9.82. The molecule has 12 heteroatoms. The van der Waals surface area contributed by atoms with Crippen molar-refractivity contribution in [1.82, 2.24) is 14.5 Å². The first-order valence-corrected chi connectivity index (χ1v) is 13.9. The molecule has 7 nitrogen and oxygen atoms in total. The number of hydrogen-bond acceptors (Lipinski definition) is 5. The normalized spacial score (nSPS) is 11.8. The van der Waals surface area contributed by atoms with Gasteiger partial charge in [0, 0.05) is 11.3 Å². The maximum atomic E-state index is 13.5. The van der Waals surface area contributed by atoms with E-state index in [1.165, 1.54) is 24.3 Å². The standard InChI is InChI=1S/C28H28BF3N4O3S/c1-19-7-10-22(11-8-19)26-17-27(28(30,31)32)34-36(26)23-13-15-24(16-14-23)40(37,38)35-20(2)9-12-21-5-3-4-6-25(21)29-39-18-33/h3-8,10-11,13-17,29,35H,2,9,12,18,33H2,1H3. The number of nitrogens with one attached hydrogen (secondary N) is 1. The van der Waals surface area contributed by atoms with Gasteiger partial charge in [-0.2, -0.15) is 18.3 Å². The zero-order valence-electron chi connectivity index (χ0n) is 21.8. The number of sulfonamides is 1. The third-order valence-corrected chi connectivity index (χ3v) is 7.66. The van der Waals surface area contributed by atoms with E-state index in [1.807, 2.05) is 31.2 Å². The lowest BCUT2D eigenvalue weighted by Gasteiger charge is -2.13. The number of aromatic nitrogens is 2. The Kier molecular flexibility index (Phi) is 8.82. The molecule has 0 unspecified atom stereocenters. The maximum Gasteiger partial charge on any atom is 0.435 e. The van der Waals surface area contributed by atoms with Crippen LogP contribution in [0.1, 0.15) is 23.2 Å². The number of nitrogens with zero attached hydrogens (tertiary/aromatic N) is 2. The van der Waals surface area contributed by atoms with Gasteiger partial charge in [0.25, 0.3) is 10.0 Å². The number of aryl methyl sites for hydroxylation is 2. The van der Waals surface area contributed by atoms with Crippen molar-refractivity contribution in [1.29, 1.82) is 0 Å². The Morgan fingerprint density at radius 3 is 2.40 bits per heavy atom. The van der Waals surface area contributed by atoms with Crippen molar-refractivity contribution in [2.24, 2.45) is 5.73 Å². The van der Waals surface area contributed by atoms with Crippen molar-refractivity contribution in [2.75, 3.05) is 6.73 Å².